The summed E-state index contributed by atoms with van der Waals surface area (Å²) in [5.41, 5.74) is 5.13. The van der Waals surface area contributed by atoms with Crippen molar-refractivity contribution in [1.82, 2.24) is 9.80 Å². The molecule has 3 aliphatic carbocycles. The second-order valence-corrected chi connectivity index (χ2v) is 11.2. The Morgan fingerprint density at radius 2 is 1.82 bits per heavy atom. The summed E-state index contributed by atoms with van der Waals surface area (Å²) in [6, 6.07) is 15.9. The molecule has 2 aromatic carbocycles. The highest BCUT2D eigenvalue weighted by Gasteiger charge is 2.39. The van der Waals surface area contributed by atoms with Crippen LogP contribution in [0.1, 0.15) is 72.0 Å². The summed E-state index contributed by atoms with van der Waals surface area (Å²) in [4.78, 5) is 17.8. The van der Waals surface area contributed by atoms with Crippen LogP contribution in [0.15, 0.2) is 42.5 Å². The number of hydrogen-bond donors (Lipinski definition) is 0. The van der Waals surface area contributed by atoms with E-state index in [1.54, 1.807) is 0 Å². The van der Waals surface area contributed by atoms with E-state index in [1.807, 2.05) is 36.2 Å². The van der Waals surface area contributed by atoms with Gasteiger partial charge in [-0.2, -0.15) is 0 Å². The summed E-state index contributed by atoms with van der Waals surface area (Å²) < 4.78 is 5.82. The second kappa shape index (κ2) is 9.37. The van der Waals surface area contributed by atoms with Crippen molar-refractivity contribution < 1.29 is 9.53 Å². The first-order valence-corrected chi connectivity index (χ1v) is 13.5. The van der Waals surface area contributed by atoms with E-state index in [1.165, 1.54) is 61.8 Å². The van der Waals surface area contributed by atoms with Crippen molar-refractivity contribution in [1.29, 1.82) is 0 Å². The molecule has 180 valence electrons. The van der Waals surface area contributed by atoms with Gasteiger partial charge in [-0.3, -0.25) is 9.69 Å². The highest BCUT2D eigenvalue weighted by molar-refractivity contribution is 5.94. The first kappa shape index (κ1) is 22.2. The lowest BCUT2D eigenvalue weighted by atomic mass is 9.76. The molecule has 2 aromatic rings. The van der Waals surface area contributed by atoms with Gasteiger partial charge < -0.3 is 9.64 Å². The maximum atomic E-state index is 13.2. The third kappa shape index (κ3) is 4.62. The monoisotopic (exact) mass is 458 g/mol. The van der Waals surface area contributed by atoms with Crippen molar-refractivity contribution in [2.45, 2.75) is 76.4 Å². The van der Waals surface area contributed by atoms with Crippen LogP contribution in [-0.2, 0) is 19.4 Å². The highest BCUT2D eigenvalue weighted by atomic mass is 16.5. The number of likely N-dealkylation sites (N-methyl/N-ethyl adjacent to an activating group) is 1. The summed E-state index contributed by atoms with van der Waals surface area (Å²) >= 11 is 0. The van der Waals surface area contributed by atoms with Crippen molar-refractivity contribution in [2.75, 3.05) is 20.2 Å². The number of hydrogen-bond acceptors (Lipinski definition) is 3. The number of nitrogens with zero attached hydrogens (tertiary/aromatic N) is 2. The Bertz CT molecular complexity index is 1030. The molecule has 1 amide bonds. The van der Waals surface area contributed by atoms with E-state index in [9.17, 15) is 4.79 Å². The Balaban J connectivity index is 1.05. The molecular formula is C30H38N2O2. The van der Waals surface area contributed by atoms with Crippen LogP contribution in [0.5, 0.6) is 5.75 Å². The molecule has 1 heterocycles. The molecule has 4 heteroatoms. The van der Waals surface area contributed by atoms with Crippen LogP contribution in [0.25, 0.3) is 0 Å². The topological polar surface area (TPSA) is 32.8 Å². The zero-order valence-corrected chi connectivity index (χ0v) is 20.5. The molecule has 3 fully saturated rings. The molecule has 34 heavy (non-hydrogen) atoms. The zero-order chi connectivity index (χ0) is 23.1. The van der Waals surface area contributed by atoms with E-state index in [-0.39, 0.29) is 11.9 Å². The summed E-state index contributed by atoms with van der Waals surface area (Å²) in [7, 11) is 1.97. The Kier molecular flexibility index (Phi) is 6.11. The molecule has 1 aliphatic heterocycles. The predicted octanol–water partition coefficient (Wildman–Crippen LogP) is 5.48. The fraction of sp³-hybridized carbons (Fsp3) is 0.567. The number of amides is 1. The number of carbonyl (C=O) groups is 1. The Hall–Kier alpha value is -2.33. The van der Waals surface area contributed by atoms with Gasteiger partial charge in [-0.15, -0.1) is 0 Å². The van der Waals surface area contributed by atoms with Gasteiger partial charge in [-0.05, 0) is 97.7 Å². The Morgan fingerprint density at radius 3 is 2.62 bits per heavy atom. The molecular weight excluding hydrogens is 420 g/mol. The normalized spacial score (nSPS) is 26.2. The summed E-state index contributed by atoms with van der Waals surface area (Å²) in [5.74, 6) is 2.67. The SMILES string of the molecule is CN(C(=O)c1ccc(OCC2CC2)cc1)[C@H]1CCc2cc(CN3CC4CCCC[C@@H]43)ccc2C1. The second-order valence-electron chi connectivity index (χ2n) is 11.2. The fourth-order valence-electron chi connectivity index (χ4n) is 6.38. The minimum atomic E-state index is 0.110. The van der Waals surface area contributed by atoms with Crippen molar-refractivity contribution in [3.63, 3.8) is 0 Å². The molecule has 0 radical (unpaired) electrons. The molecule has 4 nitrogen and oxygen atoms in total. The lowest BCUT2D eigenvalue weighted by Crippen LogP contribution is -2.56. The van der Waals surface area contributed by atoms with E-state index in [0.29, 0.717) is 0 Å². The van der Waals surface area contributed by atoms with Gasteiger partial charge in [0.15, 0.2) is 0 Å². The molecule has 1 saturated heterocycles. The van der Waals surface area contributed by atoms with E-state index in [0.717, 1.165) is 61.6 Å². The molecule has 6 rings (SSSR count). The Labute approximate surface area is 204 Å². The maximum absolute atomic E-state index is 13.2. The van der Waals surface area contributed by atoms with E-state index in [4.69, 9.17) is 4.74 Å². The van der Waals surface area contributed by atoms with Crippen molar-refractivity contribution >= 4 is 5.91 Å². The molecule has 0 spiro atoms. The fourth-order valence-corrected chi connectivity index (χ4v) is 6.38. The van der Waals surface area contributed by atoms with Gasteiger partial charge in [0.05, 0.1) is 6.61 Å². The Morgan fingerprint density at radius 1 is 1.00 bits per heavy atom. The van der Waals surface area contributed by atoms with Crippen molar-refractivity contribution in [3.8, 4) is 5.75 Å². The van der Waals surface area contributed by atoms with Crippen LogP contribution in [0.3, 0.4) is 0 Å². The van der Waals surface area contributed by atoms with Crippen molar-refractivity contribution in [2.24, 2.45) is 11.8 Å². The van der Waals surface area contributed by atoms with Crippen molar-refractivity contribution in [3.05, 3.63) is 64.7 Å². The van der Waals surface area contributed by atoms with Crippen LogP contribution in [0, 0.1) is 11.8 Å². The summed E-state index contributed by atoms with van der Waals surface area (Å²) in [5, 5.41) is 0. The average molecular weight is 459 g/mol. The number of aryl methyl sites for hydroxylation is 1. The standard InChI is InChI=1S/C30H38N2O2/c1-31(30(33)23-11-14-28(15-12-23)34-20-21-6-7-21)27-13-10-24-16-22(8-9-25(24)17-27)18-32-19-26-4-2-3-5-29(26)32/h8-9,11-12,14-16,21,26-27,29H,2-7,10,13,17-20H2,1H3/t26?,27-,29-/m0/s1. The first-order valence-electron chi connectivity index (χ1n) is 13.5. The van der Waals surface area contributed by atoms with Gasteiger partial charge >= 0.3 is 0 Å². The molecule has 2 saturated carbocycles. The molecule has 0 bridgehead atoms. The van der Waals surface area contributed by atoms with Crippen LogP contribution in [-0.4, -0.2) is 48.0 Å². The highest BCUT2D eigenvalue weighted by Crippen LogP contribution is 2.38. The number of ether oxygens (including phenoxy) is 1. The summed E-state index contributed by atoms with van der Waals surface area (Å²) in [6.07, 6.45) is 11.3. The largest absolute Gasteiger partial charge is 0.493 e. The van der Waals surface area contributed by atoms with Gasteiger partial charge in [0.2, 0.25) is 0 Å². The van der Waals surface area contributed by atoms with Gasteiger partial charge in [0.25, 0.3) is 5.91 Å². The predicted molar refractivity (Wildman–Crippen MR) is 135 cm³/mol. The van der Waals surface area contributed by atoms with Gasteiger partial charge in [-0.1, -0.05) is 31.0 Å². The zero-order valence-electron chi connectivity index (χ0n) is 20.5. The average Bonchev–Trinajstić information content (AvgIpc) is 3.70. The van der Waals surface area contributed by atoms with E-state index in [2.05, 4.69) is 23.1 Å². The third-order valence-corrected chi connectivity index (χ3v) is 8.82. The lowest BCUT2D eigenvalue weighted by Gasteiger charge is -2.51. The van der Waals surface area contributed by atoms with Gasteiger partial charge in [0, 0.05) is 37.8 Å². The van der Waals surface area contributed by atoms with E-state index >= 15 is 0 Å². The number of fused-ring (bicyclic) bond motifs is 2. The quantitative estimate of drug-likeness (QED) is 0.551. The van der Waals surface area contributed by atoms with E-state index < -0.39 is 0 Å². The first-order chi connectivity index (χ1) is 16.6. The third-order valence-electron chi connectivity index (χ3n) is 8.82. The lowest BCUT2D eigenvalue weighted by molar-refractivity contribution is -0.0208. The molecule has 3 atom stereocenters. The van der Waals surface area contributed by atoms with Gasteiger partial charge in [-0.25, -0.2) is 0 Å². The molecule has 0 N–H and O–H groups in total. The van der Waals surface area contributed by atoms with Crippen LogP contribution >= 0.6 is 0 Å². The molecule has 4 aliphatic rings. The van der Waals surface area contributed by atoms with Crippen LogP contribution in [0.4, 0.5) is 0 Å². The number of benzene rings is 2. The minimum absolute atomic E-state index is 0.110. The molecule has 0 aromatic heterocycles. The van der Waals surface area contributed by atoms with Crippen LogP contribution in [0.2, 0.25) is 0 Å². The summed E-state index contributed by atoms with van der Waals surface area (Å²) in [6.45, 7) is 3.20. The number of carbonyl (C=O) groups excluding carboxylic acids is 1. The maximum Gasteiger partial charge on any atom is 0.253 e. The minimum Gasteiger partial charge on any atom is -0.493 e. The number of likely N-dealkylation sites (tertiary alicyclic amines) is 1. The number of rotatable bonds is 7. The molecule has 1 unspecified atom stereocenters. The smallest absolute Gasteiger partial charge is 0.253 e. The van der Waals surface area contributed by atoms with Gasteiger partial charge in [0.1, 0.15) is 5.75 Å². The van der Waals surface area contributed by atoms with Crippen LogP contribution < -0.4 is 4.74 Å².